The van der Waals surface area contributed by atoms with Crippen LogP contribution in [0.5, 0.6) is 0 Å². The molecule has 2 nitrogen and oxygen atoms in total. The van der Waals surface area contributed by atoms with Crippen molar-refractivity contribution in [1.29, 1.82) is 0 Å². The molecule has 0 radical (unpaired) electrons. The highest BCUT2D eigenvalue weighted by Crippen LogP contribution is 2.36. The van der Waals surface area contributed by atoms with Crippen LogP contribution in [0.15, 0.2) is 0 Å². The number of nitrogens with zero attached hydrogens (tertiary/aromatic N) is 1. The number of hydrogen-bond acceptors (Lipinski definition) is 2. The van der Waals surface area contributed by atoms with Gasteiger partial charge in [0, 0.05) is 12.1 Å². The third-order valence-electron chi connectivity index (χ3n) is 5.41. The van der Waals surface area contributed by atoms with Gasteiger partial charge in [-0.15, -0.1) is 0 Å². The number of likely N-dealkylation sites (tertiary alicyclic amines) is 1. The smallest absolute Gasteiger partial charge is 0.0110 e. The standard InChI is InChI=1S/C17H34N2/c1-5-18-15-7-6-8-16(13-15)19-11-9-14(10-12-19)17(2,3)4/h14-16,18H,5-13H2,1-4H3. The van der Waals surface area contributed by atoms with Crippen LogP contribution in [0.3, 0.4) is 0 Å². The highest BCUT2D eigenvalue weighted by atomic mass is 15.2. The lowest BCUT2D eigenvalue weighted by atomic mass is 9.74. The van der Waals surface area contributed by atoms with Gasteiger partial charge in [0.2, 0.25) is 0 Å². The zero-order chi connectivity index (χ0) is 13.9. The van der Waals surface area contributed by atoms with Gasteiger partial charge in [0.1, 0.15) is 0 Å². The number of piperidine rings is 1. The maximum absolute atomic E-state index is 3.66. The van der Waals surface area contributed by atoms with Crippen molar-refractivity contribution in [2.75, 3.05) is 19.6 Å². The fraction of sp³-hybridized carbons (Fsp3) is 1.00. The molecule has 0 spiro atoms. The molecule has 2 unspecified atom stereocenters. The third-order valence-corrected chi connectivity index (χ3v) is 5.41. The summed E-state index contributed by atoms with van der Waals surface area (Å²) in [6, 6.07) is 1.64. The van der Waals surface area contributed by atoms with Crippen LogP contribution >= 0.6 is 0 Å². The Hall–Kier alpha value is -0.0800. The van der Waals surface area contributed by atoms with E-state index in [1.807, 2.05) is 0 Å². The van der Waals surface area contributed by atoms with E-state index in [2.05, 4.69) is 37.9 Å². The summed E-state index contributed by atoms with van der Waals surface area (Å²) in [4.78, 5) is 2.80. The minimum atomic E-state index is 0.505. The van der Waals surface area contributed by atoms with Gasteiger partial charge in [-0.2, -0.15) is 0 Å². The third kappa shape index (κ3) is 4.19. The molecule has 0 aromatic heterocycles. The van der Waals surface area contributed by atoms with E-state index in [4.69, 9.17) is 0 Å². The van der Waals surface area contributed by atoms with Crippen molar-refractivity contribution in [2.45, 2.75) is 78.3 Å². The largest absolute Gasteiger partial charge is 0.314 e. The molecule has 2 heteroatoms. The topological polar surface area (TPSA) is 15.3 Å². The number of nitrogens with one attached hydrogen (secondary N) is 1. The first-order valence-corrected chi connectivity index (χ1v) is 8.48. The first-order chi connectivity index (χ1) is 9.00. The van der Waals surface area contributed by atoms with Crippen molar-refractivity contribution < 1.29 is 0 Å². The Bertz CT molecular complexity index is 259. The zero-order valence-corrected chi connectivity index (χ0v) is 13.5. The summed E-state index contributed by atoms with van der Waals surface area (Å²) in [6.07, 6.45) is 8.44. The van der Waals surface area contributed by atoms with E-state index in [1.54, 1.807) is 0 Å². The Morgan fingerprint density at radius 3 is 2.32 bits per heavy atom. The predicted octanol–water partition coefficient (Wildman–Crippen LogP) is 3.67. The predicted molar refractivity (Wildman–Crippen MR) is 83.5 cm³/mol. The Labute approximate surface area is 120 Å². The molecule has 2 fully saturated rings. The molecule has 112 valence electrons. The van der Waals surface area contributed by atoms with Crippen LogP contribution < -0.4 is 5.32 Å². The van der Waals surface area contributed by atoms with Crippen LogP contribution in [-0.2, 0) is 0 Å². The summed E-state index contributed by atoms with van der Waals surface area (Å²) in [5.74, 6) is 0.928. The first-order valence-electron chi connectivity index (χ1n) is 8.48. The molecule has 2 aliphatic rings. The minimum absolute atomic E-state index is 0.505. The van der Waals surface area contributed by atoms with E-state index in [0.717, 1.165) is 24.5 Å². The Balaban J connectivity index is 1.81. The zero-order valence-electron chi connectivity index (χ0n) is 13.5. The van der Waals surface area contributed by atoms with E-state index >= 15 is 0 Å². The second-order valence-corrected chi connectivity index (χ2v) is 7.75. The second-order valence-electron chi connectivity index (χ2n) is 7.75. The molecule has 0 bridgehead atoms. The highest BCUT2D eigenvalue weighted by Gasteiger charge is 2.33. The van der Waals surface area contributed by atoms with Gasteiger partial charge in [0.05, 0.1) is 0 Å². The first kappa shape index (κ1) is 15.3. The van der Waals surface area contributed by atoms with E-state index in [9.17, 15) is 0 Å². The van der Waals surface area contributed by atoms with Gasteiger partial charge in [-0.1, -0.05) is 34.1 Å². The molecule has 2 atom stereocenters. The van der Waals surface area contributed by atoms with Gasteiger partial charge in [-0.25, -0.2) is 0 Å². The molecule has 1 aliphatic carbocycles. The SMILES string of the molecule is CCNC1CCCC(N2CCC(C(C)(C)C)CC2)C1. The number of hydrogen-bond donors (Lipinski definition) is 1. The summed E-state index contributed by atoms with van der Waals surface area (Å²) < 4.78 is 0. The van der Waals surface area contributed by atoms with Crippen LogP contribution in [0.25, 0.3) is 0 Å². The quantitative estimate of drug-likeness (QED) is 0.838. The average molecular weight is 266 g/mol. The van der Waals surface area contributed by atoms with Crippen LogP contribution in [0, 0.1) is 11.3 Å². The lowest BCUT2D eigenvalue weighted by Gasteiger charge is -2.44. The minimum Gasteiger partial charge on any atom is -0.314 e. The monoisotopic (exact) mass is 266 g/mol. The molecular weight excluding hydrogens is 232 g/mol. The molecule has 1 heterocycles. The second kappa shape index (κ2) is 6.58. The van der Waals surface area contributed by atoms with Gasteiger partial charge in [0.15, 0.2) is 0 Å². The molecule has 1 saturated carbocycles. The molecular formula is C17H34N2. The number of rotatable bonds is 3. The van der Waals surface area contributed by atoms with Crippen molar-refractivity contribution in [1.82, 2.24) is 10.2 Å². The van der Waals surface area contributed by atoms with Crippen molar-refractivity contribution in [3.8, 4) is 0 Å². The van der Waals surface area contributed by atoms with E-state index in [1.165, 1.54) is 51.6 Å². The van der Waals surface area contributed by atoms with Crippen molar-refractivity contribution >= 4 is 0 Å². The molecule has 1 saturated heterocycles. The molecule has 1 N–H and O–H groups in total. The summed E-state index contributed by atoms with van der Waals surface area (Å²) in [5, 5.41) is 3.66. The maximum Gasteiger partial charge on any atom is 0.0110 e. The van der Waals surface area contributed by atoms with Crippen LogP contribution in [0.4, 0.5) is 0 Å². The van der Waals surface area contributed by atoms with Gasteiger partial charge >= 0.3 is 0 Å². The average Bonchev–Trinajstić information content (AvgIpc) is 2.39. The Morgan fingerprint density at radius 2 is 1.74 bits per heavy atom. The van der Waals surface area contributed by atoms with Crippen LogP contribution in [-0.4, -0.2) is 36.6 Å². The fourth-order valence-corrected chi connectivity index (χ4v) is 4.10. The van der Waals surface area contributed by atoms with Gasteiger partial charge < -0.3 is 10.2 Å². The van der Waals surface area contributed by atoms with Crippen molar-refractivity contribution in [2.24, 2.45) is 11.3 Å². The van der Waals surface area contributed by atoms with Gasteiger partial charge in [-0.05, 0) is 63.1 Å². The van der Waals surface area contributed by atoms with E-state index in [-0.39, 0.29) is 0 Å². The molecule has 2 rings (SSSR count). The molecule has 0 aromatic carbocycles. The summed E-state index contributed by atoms with van der Waals surface area (Å²) in [5.41, 5.74) is 0.505. The van der Waals surface area contributed by atoms with E-state index in [0.29, 0.717) is 5.41 Å². The van der Waals surface area contributed by atoms with Gasteiger partial charge in [0.25, 0.3) is 0 Å². The van der Waals surface area contributed by atoms with Crippen LogP contribution in [0.2, 0.25) is 0 Å². The van der Waals surface area contributed by atoms with Crippen molar-refractivity contribution in [3.63, 3.8) is 0 Å². The normalized spacial score (nSPS) is 31.6. The summed E-state index contributed by atoms with van der Waals surface area (Å²) in [6.45, 7) is 13.3. The molecule has 0 aromatic rings. The van der Waals surface area contributed by atoms with Gasteiger partial charge in [-0.3, -0.25) is 0 Å². The Kier molecular flexibility index (Phi) is 5.30. The lowest BCUT2D eigenvalue weighted by molar-refractivity contribution is 0.0626. The Morgan fingerprint density at radius 1 is 1.05 bits per heavy atom. The summed E-state index contributed by atoms with van der Waals surface area (Å²) >= 11 is 0. The molecule has 19 heavy (non-hydrogen) atoms. The van der Waals surface area contributed by atoms with E-state index < -0.39 is 0 Å². The lowest BCUT2D eigenvalue weighted by Crippen LogP contribution is -2.48. The maximum atomic E-state index is 3.66. The molecule has 1 aliphatic heterocycles. The highest BCUT2D eigenvalue weighted by molar-refractivity contribution is 4.88. The molecule has 0 amide bonds. The summed E-state index contributed by atoms with van der Waals surface area (Å²) in [7, 11) is 0. The van der Waals surface area contributed by atoms with Crippen molar-refractivity contribution in [3.05, 3.63) is 0 Å². The fourth-order valence-electron chi connectivity index (χ4n) is 4.10. The van der Waals surface area contributed by atoms with Crippen LogP contribution in [0.1, 0.15) is 66.2 Å².